The predicted molar refractivity (Wildman–Crippen MR) is 52.7 cm³/mol. The zero-order valence-corrected chi connectivity index (χ0v) is 8.61. The molecule has 0 saturated carbocycles. The fourth-order valence-corrected chi connectivity index (χ4v) is 2.86. The van der Waals surface area contributed by atoms with Crippen LogP contribution in [0.5, 0.6) is 0 Å². The molecular formula is C11H17NO2. The van der Waals surface area contributed by atoms with E-state index in [2.05, 4.69) is 6.92 Å². The van der Waals surface area contributed by atoms with Crippen molar-refractivity contribution in [2.45, 2.75) is 51.1 Å². The summed E-state index contributed by atoms with van der Waals surface area (Å²) < 4.78 is 0. The van der Waals surface area contributed by atoms with Crippen LogP contribution in [0.15, 0.2) is 0 Å². The molecule has 0 unspecified atom stereocenters. The summed E-state index contributed by atoms with van der Waals surface area (Å²) in [4.78, 5) is 24.4. The Bertz CT molecular complexity index is 252. The molecule has 3 atom stereocenters. The van der Waals surface area contributed by atoms with Crippen LogP contribution in [0.1, 0.15) is 39.0 Å². The zero-order valence-electron chi connectivity index (χ0n) is 8.61. The first-order valence-corrected chi connectivity index (χ1v) is 5.49. The number of hydrogen-bond donors (Lipinski definition) is 0. The van der Waals surface area contributed by atoms with Crippen molar-refractivity contribution in [1.29, 1.82) is 0 Å². The van der Waals surface area contributed by atoms with Gasteiger partial charge >= 0.3 is 0 Å². The van der Waals surface area contributed by atoms with Gasteiger partial charge < -0.3 is 9.69 Å². The van der Waals surface area contributed by atoms with Gasteiger partial charge in [0.15, 0.2) is 0 Å². The minimum Gasteiger partial charge on any atom is -0.330 e. The number of nitrogens with zero attached hydrogens (tertiary/aromatic N) is 1. The van der Waals surface area contributed by atoms with Crippen LogP contribution in [-0.2, 0) is 9.59 Å². The average molecular weight is 195 g/mol. The van der Waals surface area contributed by atoms with Crippen LogP contribution in [0.2, 0.25) is 0 Å². The van der Waals surface area contributed by atoms with Crippen LogP contribution >= 0.6 is 0 Å². The molecule has 2 fully saturated rings. The highest BCUT2D eigenvalue weighted by atomic mass is 16.2. The molecule has 0 radical (unpaired) electrons. The number of amides is 1. The molecule has 0 aliphatic carbocycles. The van der Waals surface area contributed by atoms with Gasteiger partial charge in [-0.15, -0.1) is 0 Å². The zero-order chi connectivity index (χ0) is 10.1. The first-order chi connectivity index (χ1) is 6.72. The average Bonchev–Trinajstić information content (AvgIpc) is 2.16. The van der Waals surface area contributed by atoms with E-state index >= 15 is 0 Å². The summed E-state index contributed by atoms with van der Waals surface area (Å²) in [5.74, 6) is 0.766. The number of rotatable bonds is 1. The maximum Gasteiger partial charge on any atom is 0.223 e. The highest BCUT2D eigenvalue weighted by molar-refractivity contribution is 5.81. The van der Waals surface area contributed by atoms with Gasteiger partial charge in [-0.2, -0.15) is 0 Å². The van der Waals surface area contributed by atoms with Crippen molar-refractivity contribution in [3.8, 4) is 0 Å². The second-order valence-electron chi connectivity index (χ2n) is 4.63. The maximum absolute atomic E-state index is 11.7. The van der Waals surface area contributed by atoms with E-state index in [9.17, 15) is 9.59 Å². The molecular weight excluding hydrogens is 178 g/mol. The molecule has 0 bridgehead atoms. The highest BCUT2D eigenvalue weighted by Crippen LogP contribution is 2.33. The Kier molecular flexibility index (Phi) is 2.57. The molecule has 3 heteroatoms. The lowest BCUT2D eigenvalue weighted by molar-refractivity contribution is -0.145. The number of carbonyl (C=O) groups excluding carboxylic acids is 2. The molecule has 14 heavy (non-hydrogen) atoms. The fourth-order valence-electron chi connectivity index (χ4n) is 2.86. The van der Waals surface area contributed by atoms with Crippen molar-refractivity contribution in [1.82, 2.24) is 4.90 Å². The molecule has 0 N–H and O–H groups in total. The number of fused-ring (bicyclic) bond motifs is 1. The summed E-state index contributed by atoms with van der Waals surface area (Å²) >= 11 is 0. The van der Waals surface area contributed by atoms with Crippen LogP contribution in [0, 0.1) is 5.92 Å². The summed E-state index contributed by atoms with van der Waals surface area (Å²) in [6.45, 7) is 2.17. The lowest BCUT2D eigenvalue weighted by Gasteiger charge is -2.45. The van der Waals surface area contributed by atoms with Crippen molar-refractivity contribution >= 4 is 12.2 Å². The van der Waals surface area contributed by atoms with E-state index in [1.54, 1.807) is 0 Å². The van der Waals surface area contributed by atoms with E-state index < -0.39 is 0 Å². The van der Waals surface area contributed by atoms with Crippen molar-refractivity contribution in [3.63, 3.8) is 0 Å². The smallest absolute Gasteiger partial charge is 0.223 e. The first-order valence-electron chi connectivity index (χ1n) is 5.49. The van der Waals surface area contributed by atoms with E-state index in [1.165, 1.54) is 0 Å². The van der Waals surface area contributed by atoms with E-state index in [0.717, 1.165) is 32.0 Å². The van der Waals surface area contributed by atoms with Crippen LogP contribution in [0.3, 0.4) is 0 Å². The molecule has 2 saturated heterocycles. The number of hydrogen-bond acceptors (Lipinski definition) is 2. The summed E-state index contributed by atoms with van der Waals surface area (Å²) in [7, 11) is 0. The quantitative estimate of drug-likeness (QED) is 0.592. The Hall–Kier alpha value is -0.860. The molecule has 2 aliphatic rings. The van der Waals surface area contributed by atoms with Gasteiger partial charge in [0.2, 0.25) is 5.91 Å². The lowest BCUT2D eigenvalue weighted by atomic mass is 9.83. The summed E-state index contributed by atoms with van der Waals surface area (Å²) in [6, 6.07) is 0.201. The Morgan fingerprint density at radius 2 is 2.21 bits per heavy atom. The largest absolute Gasteiger partial charge is 0.330 e. The van der Waals surface area contributed by atoms with Gasteiger partial charge in [-0.25, -0.2) is 0 Å². The maximum atomic E-state index is 11.7. The third kappa shape index (κ3) is 1.56. The molecule has 2 heterocycles. The minimum absolute atomic E-state index is 0.142. The number of carbonyl (C=O) groups is 2. The number of aldehydes is 1. The van der Waals surface area contributed by atoms with Crippen LogP contribution in [-0.4, -0.2) is 29.2 Å². The van der Waals surface area contributed by atoms with E-state index in [0.29, 0.717) is 18.4 Å². The predicted octanol–water partition coefficient (Wildman–Crippen LogP) is 1.36. The Morgan fingerprint density at radius 3 is 2.93 bits per heavy atom. The van der Waals surface area contributed by atoms with E-state index in [4.69, 9.17) is 0 Å². The molecule has 2 rings (SSSR count). The topological polar surface area (TPSA) is 37.4 Å². The van der Waals surface area contributed by atoms with Crippen LogP contribution in [0.4, 0.5) is 0 Å². The Labute approximate surface area is 84.5 Å². The van der Waals surface area contributed by atoms with Crippen molar-refractivity contribution in [3.05, 3.63) is 0 Å². The molecule has 0 spiro atoms. The lowest BCUT2D eigenvalue weighted by Crippen LogP contribution is -2.54. The van der Waals surface area contributed by atoms with E-state index in [1.807, 2.05) is 4.90 Å². The monoisotopic (exact) mass is 195 g/mol. The first kappa shape index (κ1) is 9.69. The minimum atomic E-state index is -0.142. The van der Waals surface area contributed by atoms with Gasteiger partial charge in [-0.1, -0.05) is 6.92 Å². The standard InChI is InChI=1S/C11H17NO2/c1-8-5-9-3-2-4-11(14)12(9)10(6-8)7-13/h7-10H,2-6H2,1H3/t8-,9-,10+/m0/s1. The molecule has 0 aromatic carbocycles. The van der Waals surface area contributed by atoms with Crippen molar-refractivity contribution in [2.75, 3.05) is 0 Å². The molecule has 2 aliphatic heterocycles. The summed E-state index contributed by atoms with van der Waals surface area (Å²) in [5, 5.41) is 0. The van der Waals surface area contributed by atoms with E-state index in [-0.39, 0.29) is 11.9 Å². The Morgan fingerprint density at radius 1 is 1.43 bits per heavy atom. The second kappa shape index (κ2) is 3.71. The third-order valence-corrected chi connectivity index (χ3v) is 3.44. The Balaban J connectivity index is 2.17. The molecule has 3 nitrogen and oxygen atoms in total. The van der Waals surface area contributed by atoms with Gasteiger partial charge in [0.25, 0.3) is 0 Å². The van der Waals surface area contributed by atoms with Gasteiger partial charge in [0.1, 0.15) is 6.29 Å². The molecule has 78 valence electrons. The highest BCUT2D eigenvalue weighted by Gasteiger charge is 2.38. The number of piperidine rings is 2. The van der Waals surface area contributed by atoms with Crippen LogP contribution in [0.25, 0.3) is 0 Å². The van der Waals surface area contributed by atoms with Crippen molar-refractivity contribution in [2.24, 2.45) is 5.92 Å². The summed E-state index contributed by atoms with van der Waals surface area (Å²) in [6.07, 6.45) is 5.60. The molecule has 0 aromatic rings. The van der Waals surface area contributed by atoms with Gasteiger partial charge in [-0.05, 0) is 31.6 Å². The molecule has 0 aromatic heterocycles. The van der Waals surface area contributed by atoms with Gasteiger partial charge in [0.05, 0.1) is 6.04 Å². The SMILES string of the molecule is C[C@H]1C[C@@H]2CCCC(=O)N2[C@@H](C=O)C1. The van der Waals surface area contributed by atoms with Crippen LogP contribution < -0.4 is 0 Å². The van der Waals surface area contributed by atoms with Crippen molar-refractivity contribution < 1.29 is 9.59 Å². The summed E-state index contributed by atoms with van der Waals surface area (Å²) in [5.41, 5.74) is 0. The second-order valence-corrected chi connectivity index (χ2v) is 4.63. The third-order valence-electron chi connectivity index (χ3n) is 3.44. The molecule has 1 amide bonds. The fraction of sp³-hybridized carbons (Fsp3) is 0.818. The normalized spacial score (nSPS) is 37.9. The van der Waals surface area contributed by atoms with Gasteiger partial charge in [0, 0.05) is 12.5 Å². The van der Waals surface area contributed by atoms with Gasteiger partial charge in [-0.3, -0.25) is 4.79 Å².